The molecular formula is C24H25N3O2S. The Morgan fingerprint density at radius 2 is 1.57 bits per heavy atom. The van der Waals surface area contributed by atoms with Crippen molar-refractivity contribution >= 4 is 27.6 Å². The first kappa shape index (κ1) is 20.3. The highest BCUT2D eigenvalue weighted by Gasteiger charge is 2.28. The Hall–Kier alpha value is -2.96. The lowest BCUT2D eigenvalue weighted by Crippen LogP contribution is -2.35. The number of fused-ring (bicyclic) bond motifs is 1. The average molecular weight is 420 g/mol. The lowest BCUT2D eigenvalue weighted by molar-refractivity contribution is 0.391. The van der Waals surface area contributed by atoms with Crippen LogP contribution in [-0.2, 0) is 23.0 Å². The Bertz CT molecular complexity index is 1150. The normalized spacial score (nSPS) is 14.6. The molecule has 0 atom stereocenters. The second-order valence-corrected chi connectivity index (χ2v) is 9.53. The van der Waals surface area contributed by atoms with Crippen LogP contribution in [0.1, 0.15) is 16.7 Å². The Kier molecular flexibility index (Phi) is 5.70. The van der Waals surface area contributed by atoms with Gasteiger partial charge in [-0.15, -0.1) is 0 Å². The Morgan fingerprint density at radius 3 is 2.23 bits per heavy atom. The predicted molar refractivity (Wildman–Crippen MR) is 122 cm³/mol. The van der Waals surface area contributed by atoms with E-state index in [1.165, 1.54) is 5.56 Å². The summed E-state index contributed by atoms with van der Waals surface area (Å²) in [5, 5.41) is 0. The number of nitrogens with zero attached hydrogens (tertiary/aromatic N) is 3. The summed E-state index contributed by atoms with van der Waals surface area (Å²) in [5.74, 6) is 0. The zero-order valence-electron chi connectivity index (χ0n) is 17.2. The predicted octanol–water partition coefficient (Wildman–Crippen LogP) is 4.25. The first-order valence-corrected chi connectivity index (χ1v) is 11.4. The van der Waals surface area contributed by atoms with Gasteiger partial charge >= 0.3 is 0 Å². The van der Waals surface area contributed by atoms with E-state index in [1.807, 2.05) is 61.5 Å². The first-order valence-electron chi connectivity index (χ1n) is 9.92. The summed E-state index contributed by atoms with van der Waals surface area (Å²) in [6, 6.07) is 22.9. The van der Waals surface area contributed by atoms with Crippen LogP contribution in [0.5, 0.6) is 0 Å². The van der Waals surface area contributed by atoms with E-state index in [9.17, 15) is 8.42 Å². The molecule has 0 unspecified atom stereocenters. The minimum absolute atomic E-state index is 0.302. The van der Waals surface area contributed by atoms with Crippen LogP contribution in [0.15, 0.2) is 82.7 Å². The van der Waals surface area contributed by atoms with Gasteiger partial charge < -0.3 is 4.90 Å². The maximum atomic E-state index is 13.1. The Labute approximate surface area is 178 Å². The fourth-order valence-electron chi connectivity index (χ4n) is 3.54. The second kappa shape index (κ2) is 8.42. The van der Waals surface area contributed by atoms with Crippen LogP contribution in [0.2, 0.25) is 0 Å². The monoisotopic (exact) mass is 419 g/mol. The third-order valence-corrected chi connectivity index (χ3v) is 7.20. The molecule has 0 saturated carbocycles. The van der Waals surface area contributed by atoms with E-state index < -0.39 is 10.0 Å². The molecule has 4 rings (SSSR count). The van der Waals surface area contributed by atoms with E-state index in [1.54, 1.807) is 34.8 Å². The highest BCUT2D eigenvalue weighted by atomic mass is 32.2. The summed E-state index contributed by atoms with van der Waals surface area (Å²) < 4.78 is 27.7. The standard InChI is InChI=1S/C24H25N3O2S/c1-26(2)23-11-7-19(8-12-23)17-25-22-9-13-24(14-10-22)30(28,29)27-16-15-20-5-3-4-6-21(20)18-27/h3-14,17H,15-16,18H2,1-2H3. The van der Waals surface area contributed by atoms with Crippen molar-refractivity contribution in [3.05, 3.63) is 89.5 Å². The van der Waals surface area contributed by atoms with E-state index in [-0.39, 0.29) is 0 Å². The molecule has 1 aliphatic heterocycles. The minimum Gasteiger partial charge on any atom is -0.378 e. The summed E-state index contributed by atoms with van der Waals surface area (Å²) in [4.78, 5) is 6.81. The Balaban J connectivity index is 1.47. The van der Waals surface area contributed by atoms with Gasteiger partial charge in [-0.3, -0.25) is 4.99 Å². The van der Waals surface area contributed by atoms with Crippen molar-refractivity contribution in [2.75, 3.05) is 25.5 Å². The zero-order chi connectivity index (χ0) is 21.1. The lowest BCUT2D eigenvalue weighted by atomic mass is 10.0. The fraction of sp³-hybridized carbons (Fsp3) is 0.208. The van der Waals surface area contributed by atoms with Gasteiger partial charge in [-0.25, -0.2) is 8.42 Å². The zero-order valence-corrected chi connectivity index (χ0v) is 18.0. The van der Waals surface area contributed by atoms with Crippen LogP contribution in [-0.4, -0.2) is 39.6 Å². The van der Waals surface area contributed by atoms with Gasteiger partial charge in [0.25, 0.3) is 0 Å². The number of anilines is 1. The highest BCUT2D eigenvalue weighted by Crippen LogP contribution is 2.26. The molecule has 0 spiro atoms. The molecule has 1 aliphatic rings. The average Bonchev–Trinajstić information content (AvgIpc) is 2.78. The van der Waals surface area contributed by atoms with E-state index in [2.05, 4.69) is 11.1 Å². The summed E-state index contributed by atoms with van der Waals surface area (Å²) in [6.45, 7) is 0.920. The van der Waals surface area contributed by atoms with Crippen molar-refractivity contribution in [3.63, 3.8) is 0 Å². The van der Waals surface area contributed by atoms with Crippen molar-refractivity contribution in [2.24, 2.45) is 4.99 Å². The second-order valence-electron chi connectivity index (χ2n) is 7.60. The van der Waals surface area contributed by atoms with E-state index in [0.29, 0.717) is 18.0 Å². The van der Waals surface area contributed by atoms with Crippen LogP contribution < -0.4 is 4.90 Å². The molecule has 3 aromatic rings. The molecule has 1 heterocycles. The number of aliphatic imine (C=N–C) groups is 1. The van der Waals surface area contributed by atoms with Crippen LogP contribution in [0.25, 0.3) is 0 Å². The molecule has 0 radical (unpaired) electrons. The Morgan fingerprint density at radius 1 is 0.900 bits per heavy atom. The maximum Gasteiger partial charge on any atom is 0.243 e. The molecule has 154 valence electrons. The maximum absolute atomic E-state index is 13.1. The molecule has 0 N–H and O–H groups in total. The van der Waals surface area contributed by atoms with Crippen molar-refractivity contribution < 1.29 is 8.42 Å². The molecule has 0 amide bonds. The van der Waals surface area contributed by atoms with Gasteiger partial charge in [0.15, 0.2) is 0 Å². The summed E-state index contributed by atoms with van der Waals surface area (Å²) in [5.41, 5.74) is 5.14. The first-order chi connectivity index (χ1) is 14.4. The number of hydrogen-bond acceptors (Lipinski definition) is 4. The van der Waals surface area contributed by atoms with Crippen LogP contribution in [0, 0.1) is 0 Å². The molecular weight excluding hydrogens is 394 g/mol. The number of benzene rings is 3. The third kappa shape index (κ3) is 4.30. The quantitative estimate of drug-likeness (QED) is 0.581. The largest absolute Gasteiger partial charge is 0.378 e. The number of rotatable bonds is 5. The summed E-state index contributed by atoms with van der Waals surface area (Å²) >= 11 is 0. The van der Waals surface area contributed by atoms with Crippen molar-refractivity contribution in [1.82, 2.24) is 4.31 Å². The minimum atomic E-state index is -3.52. The van der Waals surface area contributed by atoms with Gasteiger partial charge in [0.2, 0.25) is 10.0 Å². The molecule has 0 fully saturated rings. The smallest absolute Gasteiger partial charge is 0.243 e. The van der Waals surface area contributed by atoms with Crippen molar-refractivity contribution in [3.8, 4) is 0 Å². The van der Waals surface area contributed by atoms with E-state index in [0.717, 1.165) is 28.9 Å². The van der Waals surface area contributed by atoms with Crippen LogP contribution in [0.4, 0.5) is 11.4 Å². The van der Waals surface area contributed by atoms with Gasteiger partial charge in [0.1, 0.15) is 0 Å². The lowest BCUT2D eigenvalue weighted by Gasteiger charge is -2.28. The van der Waals surface area contributed by atoms with Crippen LogP contribution in [0.3, 0.4) is 0 Å². The molecule has 0 bridgehead atoms. The molecule has 5 nitrogen and oxygen atoms in total. The molecule has 3 aromatic carbocycles. The third-order valence-electron chi connectivity index (χ3n) is 5.34. The topological polar surface area (TPSA) is 53.0 Å². The van der Waals surface area contributed by atoms with Gasteiger partial charge in [0.05, 0.1) is 10.6 Å². The fourth-order valence-corrected chi connectivity index (χ4v) is 4.95. The van der Waals surface area contributed by atoms with Gasteiger partial charge in [-0.2, -0.15) is 4.31 Å². The molecule has 6 heteroatoms. The van der Waals surface area contributed by atoms with Crippen molar-refractivity contribution in [2.45, 2.75) is 17.9 Å². The van der Waals surface area contributed by atoms with Gasteiger partial charge in [-0.05, 0) is 59.5 Å². The van der Waals surface area contributed by atoms with Gasteiger partial charge in [-0.1, -0.05) is 36.4 Å². The highest BCUT2D eigenvalue weighted by molar-refractivity contribution is 7.89. The van der Waals surface area contributed by atoms with E-state index >= 15 is 0 Å². The molecule has 0 aliphatic carbocycles. The van der Waals surface area contributed by atoms with E-state index in [4.69, 9.17) is 0 Å². The molecule has 0 aromatic heterocycles. The van der Waals surface area contributed by atoms with Crippen LogP contribution >= 0.6 is 0 Å². The summed E-state index contributed by atoms with van der Waals surface area (Å²) in [7, 11) is 0.478. The summed E-state index contributed by atoms with van der Waals surface area (Å²) in [6.07, 6.45) is 2.52. The number of sulfonamides is 1. The number of hydrogen-bond donors (Lipinski definition) is 0. The molecule has 0 saturated heterocycles. The SMILES string of the molecule is CN(C)c1ccc(C=Nc2ccc(S(=O)(=O)N3CCc4ccccc4C3)cc2)cc1. The van der Waals surface area contributed by atoms with Gasteiger partial charge in [0, 0.05) is 39.1 Å². The van der Waals surface area contributed by atoms with Crippen molar-refractivity contribution in [1.29, 1.82) is 0 Å². The molecule has 30 heavy (non-hydrogen) atoms.